The van der Waals surface area contributed by atoms with Gasteiger partial charge in [-0.05, 0) is 18.9 Å². The van der Waals surface area contributed by atoms with Gasteiger partial charge in [0.05, 0.1) is 13.2 Å². The Morgan fingerprint density at radius 2 is 2.15 bits per heavy atom. The predicted molar refractivity (Wildman–Crippen MR) is 52.1 cm³/mol. The molecule has 0 radical (unpaired) electrons. The fourth-order valence-electron chi connectivity index (χ4n) is 1.28. The first-order valence-electron chi connectivity index (χ1n) is 4.80. The van der Waals surface area contributed by atoms with E-state index in [-0.39, 0.29) is 11.9 Å². The van der Waals surface area contributed by atoms with Gasteiger partial charge in [0.25, 0.3) is 5.91 Å². The summed E-state index contributed by atoms with van der Waals surface area (Å²) in [6.07, 6.45) is 0.898. The van der Waals surface area contributed by atoms with E-state index in [0.717, 1.165) is 13.0 Å². The molecule has 0 saturated carbocycles. The van der Waals surface area contributed by atoms with Crippen LogP contribution in [0.15, 0.2) is 0 Å². The largest absolute Gasteiger partial charge is 0.306 e. The van der Waals surface area contributed by atoms with E-state index in [1.165, 1.54) is 7.11 Å². The highest BCUT2D eigenvalue weighted by molar-refractivity contribution is 5.81. The van der Waals surface area contributed by atoms with Crippen molar-refractivity contribution in [3.8, 4) is 0 Å². The minimum atomic E-state index is -0.0724. The summed E-state index contributed by atoms with van der Waals surface area (Å²) in [5, 5.41) is 3.10. The van der Waals surface area contributed by atoms with Crippen molar-refractivity contribution >= 4 is 5.91 Å². The molecular weight excluding hydrogens is 168 g/mol. The zero-order chi connectivity index (χ0) is 10.3. The van der Waals surface area contributed by atoms with Crippen LogP contribution in [-0.2, 0) is 9.63 Å². The van der Waals surface area contributed by atoms with Gasteiger partial charge in [-0.2, -0.15) is 0 Å². The molecule has 0 aromatic carbocycles. The van der Waals surface area contributed by atoms with E-state index >= 15 is 0 Å². The van der Waals surface area contributed by atoms with Gasteiger partial charge in [-0.25, -0.2) is 5.48 Å². The summed E-state index contributed by atoms with van der Waals surface area (Å²) in [6.45, 7) is 7.04. The van der Waals surface area contributed by atoms with E-state index in [1.54, 1.807) is 0 Å². The molecule has 78 valence electrons. The van der Waals surface area contributed by atoms with Crippen molar-refractivity contribution < 1.29 is 9.63 Å². The molecule has 4 heteroatoms. The second kappa shape index (κ2) is 6.86. The van der Waals surface area contributed by atoms with Gasteiger partial charge >= 0.3 is 0 Å². The molecule has 1 saturated heterocycles. The van der Waals surface area contributed by atoms with Crippen molar-refractivity contribution in [2.24, 2.45) is 5.92 Å². The van der Waals surface area contributed by atoms with Gasteiger partial charge in [0.15, 0.2) is 0 Å². The van der Waals surface area contributed by atoms with Gasteiger partial charge < -0.3 is 5.32 Å². The topological polar surface area (TPSA) is 50.4 Å². The Bertz CT molecular complexity index is 151. The van der Waals surface area contributed by atoms with Gasteiger partial charge in [0.2, 0.25) is 0 Å². The zero-order valence-electron chi connectivity index (χ0n) is 8.89. The first-order valence-corrected chi connectivity index (χ1v) is 4.80. The highest BCUT2D eigenvalue weighted by Crippen LogP contribution is 2.12. The summed E-state index contributed by atoms with van der Waals surface area (Å²) in [7, 11) is 1.44. The number of rotatable bonds is 2. The highest BCUT2D eigenvalue weighted by Gasteiger charge is 2.26. The molecule has 1 aliphatic rings. The van der Waals surface area contributed by atoms with Gasteiger partial charge in [-0.15, -0.1) is 0 Å². The van der Waals surface area contributed by atoms with Crippen LogP contribution in [0.5, 0.6) is 0 Å². The maximum absolute atomic E-state index is 11.1. The Morgan fingerprint density at radius 1 is 1.54 bits per heavy atom. The molecule has 0 aliphatic carbocycles. The molecule has 1 fully saturated rings. The Labute approximate surface area is 80.0 Å². The van der Waals surface area contributed by atoms with Gasteiger partial charge in [0, 0.05) is 0 Å². The molecule has 2 N–H and O–H groups in total. The van der Waals surface area contributed by atoms with Crippen LogP contribution < -0.4 is 10.8 Å². The zero-order valence-corrected chi connectivity index (χ0v) is 8.89. The van der Waals surface area contributed by atoms with Crippen LogP contribution in [0.2, 0.25) is 0 Å². The fraction of sp³-hybridized carbons (Fsp3) is 0.889. The second-order valence-electron chi connectivity index (χ2n) is 2.97. The van der Waals surface area contributed by atoms with Crippen LogP contribution in [0.3, 0.4) is 0 Å². The minimum absolute atomic E-state index is 0.0649. The van der Waals surface area contributed by atoms with E-state index in [1.807, 2.05) is 13.8 Å². The molecule has 2 atom stereocenters. The first kappa shape index (κ1) is 12.4. The molecule has 0 spiro atoms. The summed E-state index contributed by atoms with van der Waals surface area (Å²) in [4.78, 5) is 15.6. The predicted octanol–water partition coefficient (Wildman–Crippen LogP) is 0.688. The summed E-state index contributed by atoms with van der Waals surface area (Å²) in [5.74, 6) is 0.513. The summed E-state index contributed by atoms with van der Waals surface area (Å²) >= 11 is 0. The van der Waals surface area contributed by atoms with Crippen LogP contribution in [0, 0.1) is 5.92 Å². The lowest BCUT2D eigenvalue weighted by Gasteiger charge is -2.08. The Kier molecular flexibility index (Phi) is 6.54. The number of amides is 1. The lowest BCUT2D eigenvalue weighted by molar-refractivity contribution is -0.133. The standard InChI is InChI=1S/C7H14N2O2.C2H6/c1-5-3-6(8-4-5)7(10)9-11-2;1-2/h5-6,8H,3-4H2,1-2H3,(H,9,10);1-2H3. The number of hydrogen-bond acceptors (Lipinski definition) is 3. The Morgan fingerprint density at radius 3 is 2.54 bits per heavy atom. The van der Waals surface area contributed by atoms with Crippen molar-refractivity contribution in [2.45, 2.75) is 33.2 Å². The smallest absolute Gasteiger partial charge is 0.260 e. The minimum Gasteiger partial charge on any atom is -0.306 e. The normalized spacial score (nSPS) is 26.2. The highest BCUT2D eigenvalue weighted by atomic mass is 16.6. The molecule has 0 bridgehead atoms. The molecule has 1 rings (SSSR count). The van der Waals surface area contributed by atoms with E-state index in [9.17, 15) is 4.79 Å². The number of carbonyl (C=O) groups excluding carboxylic acids is 1. The summed E-state index contributed by atoms with van der Waals surface area (Å²) < 4.78 is 0. The Hall–Kier alpha value is -0.610. The van der Waals surface area contributed by atoms with Gasteiger partial charge in [-0.1, -0.05) is 20.8 Å². The number of hydrogen-bond donors (Lipinski definition) is 2. The molecule has 0 aromatic rings. The maximum atomic E-state index is 11.1. The van der Waals surface area contributed by atoms with Crippen molar-refractivity contribution in [3.05, 3.63) is 0 Å². The third-order valence-corrected chi connectivity index (χ3v) is 1.87. The van der Waals surface area contributed by atoms with Gasteiger partial charge in [-0.3, -0.25) is 9.63 Å². The van der Waals surface area contributed by atoms with E-state index in [2.05, 4.69) is 22.6 Å². The van der Waals surface area contributed by atoms with Crippen molar-refractivity contribution in [1.29, 1.82) is 0 Å². The summed E-state index contributed by atoms with van der Waals surface area (Å²) in [5.41, 5.74) is 2.31. The lowest BCUT2D eigenvalue weighted by atomic mass is 10.1. The number of nitrogens with one attached hydrogen (secondary N) is 2. The van der Waals surface area contributed by atoms with Crippen LogP contribution >= 0.6 is 0 Å². The van der Waals surface area contributed by atoms with E-state index in [0.29, 0.717) is 5.92 Å². The molecule has 1 amide bonds. The molecular formula is C9H20N2O2. The molecule has 1 aliphatic heterocycles. The second-order valence-corrected chi connectivity index (χ2v) is 2.97. The maximum Gasteiger partial charge on any atom is 0.260 e. The quantitative estimate of drug-likeness (QED) is 0.627. The van der Waals surface area contributed by atoms with Gasteiger partial charge in [0.1, 0.15) is 0 Å². The van der Waals surface area contributed by atoms with E-state index in [4.69, 9.17) is 0 Å². The van der Waals surface area contributed by atoms with Crippen LogP contribution in [0.4, 0.5) is 0 Å². The molecule has 0 aromatic heterocycles. The molecule has 1 heterocycles. The first-order chi connectivity index (χ1) is 6.24. The fourth-order valence-corrected chi connectivity index (χ4v) is 1.28. The van der Waals surface area contributed by atoms with Crippen LogP contribution in [0.25, 0.3) is 0 Å². The third-order valence-electron chi connectivity index (χ3n) is 1.87. The lowest BCUT2D eigenvalue weighted by Crippen LogP contribution is -2.39. The third kappa shape index (κ3) is 4.24. The van der Waals surface area contributed by atoms with Crippen LogP contribution in [-0.4, -0.2) is 25.6 Å². The van der Waals surface area contributed by atoms with Crippen molar-refractivity contribution in [2.75, 3.05) is 13.7 Å². The monoisotopic (exact) mass is 188 g/mol. The number of hydroxylamine groups is 1. The SMILES string of the molecule is CC.CONC(=O)C1CC(C)CN1. The average Bonchev–Trinajstić information content (AvgIpc) is 2.56. The van der Waals surface area contributed by atoms with Crippen LogP contribution in [0.1, 0.15) is 27.2 Å². The van der Waals surface area contributed by atoms with Crippen molar-refractivity contribution in [1.82, 2.24) is 10.8 Å². The van der Waals surface area contributed by atoms with E-state index < -0.39 is 0 Å². The number of carbonyl (C=O) groups is 1. The molecule has 4 nitrogen and oxygen atoms in total. The molecule has 13 heavy (non-hydrogen) atoms. The molecule has 2 unspecified atom stereocenters. The Balaban J connectivity index is 0.000000671. The van der Waals surface area contributed by atoms with Crippen molar-refractivity contribution in [3.63, 3.8) is 0 Å². The summed E-state index contributed by atoms with van der Waals surface area (Å²) in [6, 6.07) is -0.0649. The average molecular weight is 188 g/mol.